The summed E-state index contributed by atoms with van der Waals surface area (Å²) in [4.78, 5) is 15.1. The highest BCUT2D eigenvalue weighted by Crippen LogP contribution is 2.42. The zero-order valence-electron chi connectivity index (χ0n) is 19.0. The van der Waals surface area contributed by atoms with E-state index in [9.17, 15) is 0 Å². The lowest BCUT2D eigenvalue weighted by Gasteiger charge is -2.25. The van der Waals surface area contributed by atoms with Crippen LogP contribution < -0.4 is 0 Å². The van der Waals surface area contributed by atoms with E-state index in [-0.39, 0.29) is 0 Å². The van der Waals surface area contributed by atoms with Crippen LogP contribution in [-0.4, -0.2) is 55.8 Å². The second-order valence-corrected chi connectivity index (χ2v) is 11.0. The maximum Gasteiger partial charge on any atom is 0.202 e. The summed E-state index contributed by atoms with van der Waals surface area (Å²) in [5, 5.41) is 13.4. The topological polar surface area (TPSA) is 68.4 Å². The van der Waals surface area contributed by atoms with E-state index >= 15 is 0 Å². The number of ether oxygens (including phenoxy) is 1. The summed E-state index contributed by atoms with van der Waals surface area (Å²) in [6, 6.07) is 10.6. The minimum Gasteiger partial charge on any atom is -0.379 e. The molecule has 0 atom stereocenters. The lowest BCUT2D eigenvalue weighted by Crippen LogP contribution is -2.36. The lowest BCUT2D eigenvalue weighted by molar-refractivity contribution is 0.0330. The molecule has 1 aliphatic heterocycles. The van der Waals surface area contributed by atoms with E-state index < -0.39 is 0 Å². The quantitative estimate of drug-likeness (QED) is 0.341. The molecule has 1 aromatic carbocycles. The van der Waals surface area contributed by atoms with Crippen LogP contribution in [0.15, 0.2) is 40.5 Å². The van der Waals surface area contributed by atoms with E-state index in [2.05, 4.69) is 56.8 Å². The van der Waals surface area contributed by atoms with Crippen LogP contribution in [0.2, 0.25) is 0 Å². The van der Waals surface area contributed by atoms with Crippen LogP contribution in [0, 0.1) is 6.92 Å². The first-order valence-corrected chi connectivity index (χ1v) is 13.4. The number of benzene rings is 1. The number of aryl methyl sites for hydroxylation is 3. The molecule has 0 N–H and O–H groups in total. The first-order valence-electron chi connectivity index (χ1n) is 11.8. The van der Waals surface area contributed by atoms with Crippen LogP contribution in [0.25, 0.3) is 26.8 Å². The van der Waals surface area contributed by atoms with Crippen LogP contribution in [0.3, 0.4) is 0 Å². The molecule has 0 unspecified atom stereocenters. The highest BCUT2D eigenvalue weighted by molar-refractivity contribution is 7.99. The highest BCUT2D eigenvalue weighted by Gasteiger charge is 2.25. The normalized spacial score (nSPS) is 16.7. The van der Waals surface area contributed by atoms with Crippen LogP contribution in [0.5, 0.6) is 0 Å². The Morgan fingerprint density at radius 3 is 2.88 bits per heavy atom. The number of hydrogen-bond acceptors (Lipinski definition) is 8. The molecule has 7 nitrogen and oxygen atoms in total. The molecule has 5 aromatic rings. The fraction of sp³-hybridized carbons (Fsp3) is 0.360. The van der Waals surface area contributed by atoms with Crippen molar-refractivity contribution in [2.45, 2.75) is 42.9 Å². The lowest BCUT2D eigenvalue weighted by atomic mass is 10.1. The summed E-state index contributed by atoms with van der Waals surface area (Å²) in [7, 11) is 0. The van der Waals surface area contributed by atoms with Gasteiger partial charge in [-0.2, -0.15) is 0 Å². The predicted octanol–water partition coefficient (Wildman–Crippen LogP) is 4.67. The molecule has 1 aliphatic carbocycles. The Morgan fingerprint density at radius 2 is 1.97 bits per heavy atom. The molecule has 0 amide bonds. The summed E-state index contributed by atoms with van der Waals surface area (Å²) in [5.41, 5.74) is 4.64. The highest BCUT2D eigenvalue weighted by atomic mass is 32.2. The summed E-state index contributed by atoms with van der Waals surface area (Å²) >= 11 is 3.47. The molecule has 34 heavy (non-hydrogen) atoms. The van der Waals surface area contributed by atoms with Crippen molar-refractivity contribution in [1.29, 1.82) is 0 Å². The maximum atomic E-state index is 5.52. The van der Waals surface area contributed by atoms with Crippen molar-refractivity contribution in [3.8, 4) is 0 Å². The zero-order chi connectivity index (χ0) is 22.6. The Kier molecular flexibility index (Phi) is 5.05. The molecular formula is C25H24N6OS2. The molecule has 5 heterocycles. The average molecular weight is 489 g/mol. The maximum absolute atomic E-state index is 5.52. The number of para-hydroxylation sites is 1. The molecule has 1 fully saturated rings. The van der Waals surface area contributed by atoms with Gasteiger partial charge in [0.15, 0.2) is 5.65 Å². The van der Waals surface area contributed by atoms with Crippen molar-refractivity contribution in [3.05, 3.63) is 52.2 Å². The Bertz CT molecular complexity index is 1550. The van der Waals surface area contributed by atoms with E-state index in [1.54, 1.807) is 11.8 Å². The van der Waals surface area contributed by atoms with Gasteiger partial charge in [0.05, 0.1) is 25.3 Å². The summed E-state index contributed by atoms with van der Waals surface area (Å²) in [6.07, 6.45) is 3.48. The first kappa shape index (κ1) is 20.8. The van der Waals surface area contributed by atoms with Crippen molar-refractivity contribution >= 4 is 49.9 Å². The van der Waals surface area contributed by atoms with E-state index in [0.717, 1.165) is 77.7 Å². The van der Waals surface area contributed by atoms with Crippen molar-refractivity contribution in [3.63, 3.8) is 0 Å². The molecule has 9 heteroatoms. The Hall–Kier alpha value is -2.59. The van der Waals surface area contributed by atoms with Gasteiger partial charge in [-0.3, -0.25) is 9.30 Å². The fourth-order valence-corrected chi connectivity index (χ4v) is 7.49. The minimum atomic E-state index is 0.748. The van der Waals surface area contributed by atoms with Gasteiger partial charge in [-0.1, -0.05) is 18.2 Å². The number of nitrogens with zero attached hydrogens (tertiary/aromatic N) is 6. The standard InChI is InChI=1S/C25H24N6OS2/c1-15-13-21-28-29-25(31(21)18-7-3-2-5-16(15)18)34-24-22-17-6-4-8-19(17)33-23(22)26-20(27-24)14-30-9-11-32-12-10-30/h2-3,5,7,13H,4,6,8-12,14H2,1H3. The Balaban J connectivity index is 1.37. The second-order valence-electron chi connectivity index (χ2n) is 8.99. The molecular weight excluding hydrogens is 464 g/mol. The summed E-state index contributed by atoms with van der Waals surface area (Å²) < 4.78 is 7.69. The SMILES string of the molecule is Cc1cc2nnc(Sc3nc(CN4CCOCC4)nc4sc5c(c34)CCC5)n2c2ccccc12. The fourth-order valence-electron chi connectivity index (χ4n) is 5.14. The number of fused-ring (bicyclic) bond motifs is 6. The molecule has 0 saturated carbocycles. The Morgan fingerprint density at radius 1 is 1.09 bits per heavy atom. The van der Waals surface area contributed by atoms with E-state index in [0.29, 0.717) is 0 Å². The van der Waals surface area contributed by atoms with Gasteiger partial charge in [0.25, 0.3) is 0 Å². The van der Waals surface area contributed by atoms with Gasteiger partial charge in [-0.15, -0.1) is 21.5 Å². The number of thiophene rings is 1. The van der Waals surface area contributed by atoms with Gasteiger partial charge in [-0.05, 0) is 61.2 Å². The van der Waals surface area contributed by atoms with Crippen LogP contribution >= 0.6 is 23.1 Å². The number of pyridine rings is 1. The number of hydrogen-bond donors (Lipinski definition) is 0. The molecule has 4 aromatic heterocycles. The van der Waals surface area contributed by atoms with Gasteiger partial charge in [0, 0.05) is 28.7 Å². The third-order valence-corrected chi connectivity index (χ3v) is 8.93. The van der Waals surface area contributed by atoms with Crippen LogP contribution in [0.4, 0.5) is 0 Å². The van der Waals surface area contributed by atoms with Crippen LogP contribution in [0.1, 0.15) is 28.2 Å². The van der Waals surface area contributed by atoms with Crippen molar-refractivity contribution in [2.24, 2.45) is 0 Å². The molecule has 0 bridgehead atoms. The Labute approximate surface area is 205 Å². The van der Waals surface area contributed by atoms with Gasteiger partial charge in [0.2, 0.25) is 5.16 Å². The third-order valence-electron chi connectivity index (χ3n) is 6.81. The zero-order valence-corrected chi connectivity index (χ0v) is 20.6. The predicted molar refractivity (Wildman–Crippen MR) is 135 cm³/mol. The van der Waals surface area contributed by atoms with Crippen LogP contribution in [-0.2, 0) is 24.1 Å². The van der Waals surface area contributed by atoms with Gasteiger partial charge < -0.3 is 4.74 Å². The van der Waals surface area contributed by atoms with Gasteiger partial charge in [0.1, 0.15) is 15.7 Å². The molecule has 2 aliphatic rings. The van der Waals surface area contributed by atoms with E-state index in [1.807, 2.05) is 11.3 Å². The van der Waals surface area contributed by atoms with Crippen molar-refractivity contribution in [2.75, 3.05) is 26.3 Å². The monoisotopic (exact) mass is 488 g/mol. The number of morpholine rings is 1. The largest absolute Gasteiger partial charge is 0.379 e. The van der Waals surface area contributed by atoms with E-state index in [4.69, 9.17) is 14.7 Å². The van der Waals surface area contributed by atoms with Crippen molar-refractivity contribution < 1.29 is 4.74 Å². The number of aromatic nitrogens is 5. The minimum absolute atomic E-state index is 0.748. The molecule has 0 spiro atoms. The molecule has 0 radical (unpaired) electrons. The van der Waals surface area contributed by atoms with Gasteiger partial charge in [-0.25, -0.2) is 9.97 Å². The average Bonchev–Trinajstić information content (AvgIpc) is 3.55. The molecule has 172 valence electrons. The summed E-state index contributed by atoms with van der Waals surface area (Å²) in [5.74, 6) is 0.881. The molecule has 1 saturated heterocycles. The number of rotatable bonds is 4. The van der Waals surface area contributed by atoms with Gasteiger partial charge >= 0.3 is 0 Å². The second kappa shape index (κ2) is 8.27. The van der Waals surface area contributed by atoms with Crippen molar-refractivity contribution in [1.82, 2.24) is 29.5 Å². The smallest absolute Gasteiger partial charge is 0.202 e. The third kappa shape index (κ3) is 3.41. The molecule has 7 rings (SSSR count). The first-order chi connectivity index (χ1) is 16.7. The summed E-state index contributed by atoms with van der Waals surface area (Å²) in [6.45, 7) is 6.27. The van der Waals surface area contributed by atoms with E-state index in [1.165, 1.54) is 33.2 Å².